The van der Waals surface area contributed by atoms with Crippen LogP contribution in [0.3, 0.4) is 0 Å². The second kappa shape index (κ2) is 6.91. The number of amides is 2. The fourth-order valence-electron chi connectivity index (χ4n) is 1.84. The average Bonchev–Trinajstić information content (AvgIpc) is 2.37. The fourth-order valence-corrected chi connectivity index (χ4v) is 1.84. The van der Waals surface area contributed by atoms with Gasteiger partial charge in [-0.3, -0.25) is 9.59 Å². The monoisotopic (exact) mass is 277 g/mol. The van der Waals surface area contributed by atoms with Gasteiger partial charge >= 0.3 is 0 Å². The first-order valence-electron chi connectivity index (χ1n) is 6.65. The van der Waals surface area contributed by atoms with Gasteiger partial charge in [-0.25, -0.2) is 0 Å². The van der Waals surface area contributed by atoms with Gasteiger partial charge in [-0.1, -0.05) is 6.07 Å². The third-order valence-electron chi connectivity index (χ3n) is 3.17. The van der Waals surface area contributed by atoms with Crippen LogP contribution in [-0.2, 0) is 4.79 Å². The minimum absolute atomic E-state index is 0.0250. The predicted octanol–water partition coefficient (Wildman–Crippen LogP) is -0.110. The maximum absolute atomic E-state index is 11.6. The highest BCUT2D eigenvalue weighted by atomic mass is 16.5. The third-order valence-corrected chi connectivity index (χ3v) is 3.17. The van der Waals surface area contributed by atoms with E-state index in [1.807, 2.05) is 0 Å². The Labute approximate surface area is 117 Å². The SMILES string of the molecule is NC(=O)c1cccc(OCCC(=O)NCC2CNC2)c1. The van der Waals surface area contributed by atoms with Crippen LogP contribution >= 0.6 is 0 Å². The summed E-state index contributed by atoms with van der Waals surface area (Å²) in [6.45, 7) is 2.92. The van der Waals surface area contributed by atoms with Crippen LogP contribution in [-0.4, -0.2) is 38.1 Å². The van der Waals surface area contributed by atoms with E-state index in [1.165, 1.54) is 0 Å². The van der Waals surface area contributed by atoms with Crippen molar-refractivity contribution in [3.05, 3.63) is 29.8 Å². The smallest absolute Gasteiger partial charge is 0.248 e. The number of nitrogens with two attached hydrogens (primary N) is 1. The molecule has 1 aliphatic heterocycles. The lowest BCUT2D eigenvalue weighted by Crippen LogP contribution is -2.48. The summed E-state index contributed by atoms with van der Waals surface area (Å²) in [5.41, 5.74) is 5.58. The maximum Gasteiger partial charge on any atom is 0.248 e. The Morgan fingerprint density at radius 2 is 2.20 bits per heavy atom. The first-order valence-corrected chi connectivity index (χ1v) is 6.65. The Bertz CT molecular complexity index is 486. The topological polar surface area (TPSA) is 93.5 Å². The molecule has 1 fully saturated rings. The summed E-state index contributed by atoms with van der Waals surface area (Å²) in [6.07, 6.45) is 0.293. The van der Waals surface area contributed by atoms with E-state index in [9.17, 15) is 9.59 Å². The van der Waals surface area contributed by atoms with Crippen molar-refractivity contribution < 1.29 is 14.3 Å². The summed E-state index contributed by atoms with van der Waals surface area (Å²) in [5.74, 6) is 0.565. The van der Waals surface area contributed by atoms with Crippen molar-refractivity contribution in [1.29, 1.82) is 0 Å². The Morgan fingerprint density at radius 1 is 1.40 bits per heavy atom. The summed E-state index contributed by atoms with van der Waals surface area (Å²) in [7, 11) is 0. The average molecular weight is 277 g/mol. The second-order valence-electron chi connectivity index (χ2n) is 4.82. The Kier molecular flexibility index (Phi) is 4.95. The predicted molar refractivity (Wildman–Crippen MR) is 74.4 cm³/mol. The van der Waals surface area contributed by atoms with Crippen molar-refractivity contribution in [2.75, 3.05) is 26.2 Å². The van der Waals surface area contributed by atoms with E-state index in [1.54, 1.807) is 24.3 Å². The molecule has 20 heavy (non-hydrogen) atoms. The van der Waals surface area contributed by atoms with Crippen LogP contribution < -0.4 is 21.1 Å². The quantitative estimate of drug-likeness (QED) is 0.648. The van der Waals surface area contributed by atoms with E-state index in [2.05, 4.69) is 10.6 Å². The van der Waals surface area contributed by atoms with Crippen molar-refractivity contribution in [2.24, 2.45) is 11.7 Å². The van der Waals surface area contributed by atoms with Crippen LogP contribution in [0.15, 0.2) is 24.3 Å². The maximum atomic E-state index is 11.6. The highest BCUT2D eigenvalue weighted by molar-refractivity contribution is 5.93. The molecule has 1 heterocycles. The normalized spacial score (nSPS) is 14.4. The largest absolute Gasteiger partial charge is 0.493 e. The van der Waals surface area contributed by atoms with Gasteiger partial charge in [0.15, 0.2) is 0 Å². The molecule has 0 unspecified atom stereocenters. The van der Waals surface area contributed by atoms with Gasteiger partial charge in [0.05, 0.1) is 13.0 Å². The molecule has 0 aromatic heterocycles. The molecule has 1 aromatic rings. The number of benzene rings is 1. The number of rotatable bonds is 7. The van der Waals surface area contributed by atoms with Gasteiger partial charge in [0.25, 0.3) is 0 Å². The van der Waals surface area contributed by atoms with Gasteiger partial charge in [0.2, 0.25) is 11.8 Å². The molecular weight excluding hydrogens is 258 g/mol. The number of ether oxygens (including phenoxy) is 1. The van der Waals surface area contributed by atoms with Gasteiger partial charge in [-0.05, 0) is 18.2 Å². The molecule has 6 nitrogen and oxygen atoms in total. The molecule has 2 rings (SSSR count). The van der Waals surface area contributed by atoms with Crippen LogP contribution in [0.2, 0.25) is 0 Å². The van der Waals surface area contributed by atoms with Crippen molar-refractivity contribution in [3.63, 3.8) is 0 Å². The zero-order valence-corrected chi connectivity index (χ0v) is 11.2. The number of hydrogen-bond acceptors (Lipinski definition) is 4. The number of carbonyl (C=O) groups is 2. The van der Waals surface area contributed by atoms with Crippen molar-refractivity contribution in [1.82, 2.24) is 10.6 Å². The van der Waals surface area contributed by atoms with Crippen LogP contribution in [0.25, 0.3) is 0 Å². The summed E-state index contributed by atoms with van der Waals surface area (Å²) in [4.78, 5) is 22.6. The zero-order valence-electron chi connectivity index (χ0n) is 11.2. The minimum atomic E-state index is -0.498. The van der Waals surface area contributed by atoms with E-state index in [0.29, 0.717) is 30.2 Å². The number of nitrogens with one attached hydrogen (secondary N) is 2. The molecule has 2 amide bonds. The first-order chi connectivity index (χ1) is 9.65. The van der Waals surface area contributed by atoms with Gasteiger partial charge in [-0.15, -0.1) is 0 Å². The fraction of sp³-hybridized carbons (Fsp3) is 0.429. The van der Waals surface area contributed by atoms with Crippen molar-refractivity contribution in [3.8, 4) is 5.75 Å². The summed E-state index contributed by atoms with van der Waals surface area (Å²) in [6, 6.07) is 6.61. The number of primary amides is 1. The molecule has 108 valence electrons. The van der Waals surface area contributed by atoms with Gasteiger partial charge in [0, 0.05) is 31.1 Å². The zero-order chi connectivity index (χ0) is 14.4. The minimum Gasteiger partial charge on any atom is -0.493 e. The molecule has 1 aromatic carbocycles. The summed E-state index contributed by atoms with van der Waals surface area (Å²) < 4.78 is 5.43. The molecule has 6 heteroatoms. The Hall–Kier alpha value is -2.08. The standard InChI is InChI=1S/C14H19N3O3/c15-14(19)11-2-1-3-12(6-11)20-5-4-13(18)17-9-10-7-16-8-10/h1-3,6,10,16H,4-5,7-9H2,(H2,15,19)(H,17,18). The highest BCUT2D eigenvalue weighted by Gasteiger charge is 2.16. The Balaban J connectivity index is 1.68. The lowest BCUT2D eigenvalue weighted by atomic mass is 10.0. The molecule has 0 spiro atoms. The van der Waals surface area contributed by atoms with Crippen molar-refractivity contribution >= 4 is 11.8 Å². The van der Waals surface area contributed by atoms with Crippen LogP contribution in [0.1, 0.15) is 16.8 Å². The highest BCUT2D eigenvalue weighted by Crippen LogP contribution is 2.13. The lowest BCUT2D eigenvalue weighted by molar-refractivity contribution is -0.121. The van der Waals surface area contributed by atoms with Gasteiger partial charge in [0.1, 0.15) is 5.75 Å². The van der Waals surface area contributed by atoms with E-state index < -0.39 is 5.91 Å². The molecule has 0 atom stereocenters. The van der Waals surface area contributed by atoms with E-state index in [-0.39, 0.29) is 12.5 Å². The van der Waals surface area contributed by atoms with Crippen LogP contribution in [0.4, 0.5) is 0 Å². The van der Waals surface area contributed by atoms with Gasteiger partial charge < -0.3 is 21.1 Å². The molecule has 4 N–H and O–H groups in total. The third kappa shape index (κ3) is 4.24. The molecule has 0 bridgehead atoms. The number of hydrogen-bond donors (Lipinski definition) is 3. The second-order valence-corrected chi connectivity index (χ2v) is 4.82. The van der Waals surface area contributed by atoms with Crippen molar-refractivity contribution in [2.45, 2.75) is 6.42 Å². The number of carbonyl (C=O) groups excluding carboxylic acids is 2. The Morgan fingerprint density at radius 3 is 2.85 bits per heavy atom. The summed E-state index contributed by atoms with van der Waals surface area (Å²) >= 11 is 0. The van der Waals surface area contributed by atoms with Crippen LogP contribution in [0, 0.1) is 5.92 Å². The molecular formula is C14H19N3O3. The van der Waals surface area contributed by atoms with E-state index in [0.717, 1.165) is 13.1 Å². The molecule has 0 aliphatic carbocycles. The van der Waals surface area contributed by atoms with Crippen LogP contribution in [0.5, 0.6) is 5.75 Å². The van der Waals surface area contributed by atoms with Gasteiger partial charge in [-0.2, -0.15) is 0 Å². The van der Waals surface area contributed by atoms with E-state index in [4.69, 9.17) is 10.5 Å². The van der Waals surface area contributed by atoms with E-state index >= 15 is 0 Å². The summed E-state index contributed by atoms with van der Waals surface area (Å²) in [5, 5.41) is 6.02. The lowest BCUT2D eigenvalue weighted by Gasteiger charge is -2.27. The first kappa shape index (κ1) is 14.3. The molecule has 1 saturated heterocycles. The molecule has 1 aliphatic rings. The molecule has 0 radical (unpaired) electrons. The molecule has 0 saturated carbocycles.